The predicted octanol–water partition coefficient (Wildman–Crippen LogP) is 1.03. The molecule has 0 saturated heterocycles. The Kier molecular flexibility index (Phi) is 5.97. The standard InChI is InChI=1S/C11H19N3O4S/c1-9-12-8-10(14-9)19(17,18)13-7-5-3-2-4-6-11(15)16/h8,13H,2-7H2,1H3,(H,12,14)(H,15,16). The van der Waals surface area contributed by atoms with Crippen molar-refractivity contribution >= 4 is 16.0 Å². The summed E-state index contributed by atoms with van der Waals surface area (Å²) in [6.07, 6.45) is 4.35. The molecule has 0 aliphatic rings. The first-order valence-corrected chi connectivity index (χ1v) is 7.63. The van der Waals surface area contributed by atoms with Crippen molar-refractivity contribution in [1.82, 2.24) is 14.7 Å². The first-order chi connectivity index (χ1) is 8.92. The van der Waals surface area contributed by atoms with Gasteiger partial charge in [0, 0.05) is 13.0 Å². The molecule has 0 spiro atoms. The molecule has 8 heteroatoms. The van der Waals surface area contributed by atoms with Crippen LogP contribution in [0.25, 0.3) is 0 Å². The van der Waals surface area contributed by atoms with Crippen molar-refractivity contribution in [3.8, 4) is 0 Å². The zero-order valence-electron chi connectivity index (χ0n) is 10.8. The first-order valence-electron chi connectivity index (χ1n) is 6.15. The number of hydrogen-bond donors (Lipinski definition) is 3. The van der Waals surface area contributed by atoms with Gasteiger partial charge in [-0.25, -0.2) is 18.1 Å². The summed E-state index contributed by atoms with van der Waals surface area (Å²) in [5.74, 6) is -0.246. The number of carboxylic acid groups (broad SMARTS) is 1. The summed E-state index contributed by atoms with van der Waals surface area (Å²) in [4.78, 5) is 16.8. The Bertz CT molecular complexity index is 510. The van der Waals surface area contributed by atoms with E-state index in [1.165, 1.54) is 6.20 Å². The molecule has 7 nitrogen and oxygen atoms in total. The zero-order valence-corrected chi connectivity index (χ0v) is 11.7. The van der Waals surface area contributed by atoms with E-state index in [-0.39, 0.29) is 11.4 Å². The molecule has 0 aromatic carbocycles. The van der Waals surface area contributed by atoms with Gasteiger partial charge in [-0.05, 0) is 19.8 Å². The summed E-state index contributed by atoms with van der Waals surface area (Å²) in [7, 11) is -3.51. The van der Waals surface area contributed by atoms with Crippen LogP contribution in [-0.2, 0) is 14.8 Å². The van der Waals surface area contributed by atoms with Gasteiger partial charge < -0.3 is 10.1 Å². The minimum absolute atomic E-state index is 0.0656. The van der Waals surface area contributed by atoms with E-state index in [1.807, 2.05) is 0 Å². The number of unbranched alkanes of at least 4 members (excludes halogenated alkanes) is 3. The van der Waals surface area contributed by atoms with Gasteiger partial charge in [0.25, 0.3) is 10.0 Å². The average Bonchev–Trinajstić information content (AvgIpc) is 2.75. The summed E-state index contributed by atoms with van der Waals surface area (Å²) >= 11 is 0. The number of H-pyrrole nitrogens is 1. The summed E-state index contributed by atoms with van der Waals surface area (Å²) in [6, 6.07) is 0. The molecule has 0 aliphatic heterocycles. The van der Waals surface area contributed by atoms with Crippen LogP contribution in [0.3, 0.4) is 0 Å². The number of sulfonamides is 1. The molecule has 0 saturated carbocycles. The molecule has 3 N–H and O–H groups in total. The highest BCUT2D eigenvalue weighted by atomic mass is 32.2. The van der Waals surface area contributed by atoms with Crippen LogP contribution in [-0.4, -0.2) is 36.0 Å². The maximum absolute atomic E-state index is 11.8. The second-order valence-electron chi connectivity index (χ2n) is 4.29. The number of aromatic nitrogens is 2. The Morgan fingerprint density at radius 3 is 2.63 bits per heavy atom. The zero-order chi connectivity index (χ0) is 14.3. The molecular weight excluding hydrogens is 270 g/mol. The van der Waals surface area contributed by atoms with Crippen LogP contribution >= 0.6 is 0 Å². The fraction of sp³-hybridized carbons (Fsp3) is 0.636. The lowest BCUT2D eigenvalue weighted by molar-refractivity contribution is -0.137. The molecule has 0 bridgehead atoms. The summed E-state index contributed by atoms with van der Waals surface area (Å²) < 4.78 is 26.0. The number of imidazole rings is 1. The molecule has 0 aliphatic carbocycles. The van der Waals surface area contributed by atoms with Gasteiger partial charge in [-0.3, -0.25) is 4.79 Å². The van der Waals surface area contributed by atoms with E-state index in [4.69, 9.17) is 5.11 Å². The van der Waals surface area contributed by atoms with Crippen LogP contribution in [0.2, 0.25) is 0 Å². The van der Waals surface area contributed by atoms with Crippen molar-refractivity contribution in [2.45, 2.75) is 44.1 Å². The van der Waals surface area contributed by atoms with E-state index in [9.17, 15) is 13.2 Å². The lowest BCUT2D eigenvalue weighted by Crippen LogP contribution is -2.25. The fourth-order valence-electron chi connectivity index (χ4n) is 1.57. The van der Waals surface area contributed by atoms with Crippen LogP contribution in [0.5, 0.6) is 0 Å². The molecule has 1 aromatic heterocycles. The van der Waals surface area contributed by atoms with Crippen molar-refractivity contribution in [1.29, 1.82) is 0 Å². The number of aliphatic carboxylic acids is 1. The van der Waals surface area contributed by atoms with Gasteiger partial charge in [-0.15, -0.1) is 0 Å². The third-order valence-corrected chi connectivity index (χ3v) is 3.95. The third-order valence-electron chi connectivity index (χ3n) is 2.58. The normalized spacial score (nSPS) is 11.6. The minimum Gasteiger partial charge on any atom is -0.481 e. The predicted molar refractivity (Wildman–Crippen MR) is 69.2 cm³/mol. The SMILES string of the molecule is Cc1ncc(S(=O)(=O)NCCCCCCC(=O)O)[nH]1. The second-order valence-corrected chi connectivity index (χ2v) is 6.02. The van der Waals surface area contributed by atoms with Gasteiger partial charge in [0.15, 0.2) is 5.03 Å². The third kappa shape index (κ3) is 5.84. The first kappa shape index (κ1) is 15.6. The fourth-order valence-corrected chi connectivity index (χ4v) is 2.62. The second kappa shape index (κ2) is 7.25. The highest BCUT2D eigenvalue weighted by Gasteiger charge is 2.15. The number of aromatic amines is 1. The van der Waals surface area contributed by atoms with Crippen LogP contribution in [0, 0.1) is 6.92 Å². The van der Waals surface area contributed by atoms with Crippen molar-refractivity contribution < 1.29 is 18.3 Å². The Balaban J connectivity index is 2.20. The highest BCUT2D eigenvalue weighted by Crippen LogP contribution is 2.06. The number of carbonyl (C=O) groups is 1. The van der Waals surface area contributed by atoms with E-state index in [2.05, 4.69) is 14.7 Å². The number of carboxylic acids is 1. The van der Waals surface area contributed by atoms with E-state index in [0.717, 1.165) is 12.8 Å². The molecule has 0 radical (unpaired) electrons. The largest absolute Gasteiger partial charge is 0.481 e. The highest BCUT2D eigenvalue weighted by molar-refractivity contribution is 7.89. The number of nitrogens with zero attached hydrogens (tertiary/aromatic N) is 1. The lowest BCUT2D eigenvalue weighted by atomic mass is 10.1. The molecule has 1 aromatic rings. The molecule has 0 atom stereocenters. The van der Waals surface area contributed by atoms with Crippen molar-refractivity contribution in [3.63, 3.8) is 0 Å². The van der Waals surface area contributed by atoms with Gasteiger partial charge in [-0.1, -0.05) is 12.8 Å². The molecular formula is C11H19N3O4S. The Hall–Kier alpha value is -1.41. The van der Waals surface area contributed by atoms with Crippen molar-refractivity contribution in [2.75, 3.05) is 6.54 Å². The average molecular weight is 289 g/mol. The molecule has 19 heavy (non-hydrogen) atoms. The molecule has 0 amide bonds. The molecule has 0 fully saturated rings. The Morgan fingerprint density at radius 1 is 1.37 bits per heavy atom. The van der Waals surface area contributed by atoms with Crippen LogP contribution in [0.15, 0.2) is 11.2 Å². The van der Waals surface area contributed by atoms with E-state index in [1.54, 1.807) is 6.92 Å². The van der Waals surface area contributed by atoms with Gasteiger partial charge in [0.1, 0.15) is 5.82 Å². The molecule has 0 unspecified atom stereocenters. The Morgan fingerprint density at radius 2 is 2.05 bits per heavy atom. The van der Waals surface area contributed by atoms with E-state index in [0.29, 0.717) is 25.2 Å². The maximum Gasteiger partial charge on any atom is 0.303 e. The van der Waals surface area contributed by atoms with E-state index >= 15 is 0 Å². The summed E-state index contributed by atoms with van der Waals surface area (Å²) in [5.41, 5.74) is 0. The maximum atomic E-state index is 11.8. The van der Waals surface area contributed by atoms with Gasteiger partial charge in [0.05, 0.1) is 6.20 Å². The molecule has 1 heterocycles. The number of nitrogens with one attached hydrogen (secondary N) is 2. The summed E-state index contributed by atoms with van der Waals surface area (Å²) in [5, 5.41) is 8.52. The number of rotatable bonds is 9. The molecule has 1 rings (SSSR count). The molecule has 108 valence electrons. The van der Waals surface area contributed by atoms with Crippen LogP contribution in [0.4, 0.5) is 0 Å². The quantitative estimate of drug-likeness (QED) is 0.588. The van der Waals surface area contributed by atoms with Gasteiger partial charge in [-0.2, -0.15) is 0 Å². The minimum atomic E-state index is -3.51. The van der Waals surface area contributed by atoms with Crippen LogP contribution in [0.1, 0.15) is 37.9 Å². The smallest absolute Gasteiger partial charge is 0.303 e. The number of aryl methyl sites for hydroxylation is 1. The van der Waals surface area contributed by atoms with Crippen molar-refractivity contribution in [2.24, 2.45) is 0 Å². The van der Waals surface area contributed by atoms with Crippen molar-refractivity contribution in [3.05, 3.63) is 12.0 Å². The lowest BCUT2D eigenvalue weighted by Gasteiger charge is -2.04. The Labute approximate surface area is 112 Å². The topological polar surface area (TPSA) is 112 Å². The van der Waals surface area contributed by atoms with Crippen LogP contribution < -0.4 is 4.72 Å². The summed E-state index contributed by atoms with van der Waals surface area (Å²) in [6.45, 7) is 2.02. The van der Waals surface area contributed by atoms with Gasteiger partial charge >= 0.3 is 5.97 Å². The van der Waals surface area contributed by atoms with Gasteiger partial charge in [0.2, 0.25) is 0 Å². The van der Waals surface area contributed by atoms with E-state index < -0.39 is 16.0 Å². The monoisotopic (exact) mass is 289 g/mol. The number of hydrogen-bond acceptors (Lipinski definition) is 4.